The highest BCUT2D eigenvalue weighted by molar-refractivity contribution is 7.86. The van der Waals surface area contributed by atoms with Crippen LogP contribution < -0.4 is 5.32 Å². The van der Waals surface area contributed by atoms with Gasteiger partial charge in [-0.3, -0.25) is 14.7 Å². The van der Waals surface area contributed by atoms with Crippen LogP contribution in [0.5, 0.6) is 0 Å². The first-order chi connectivity index (χ1) is 10.8. The number of carbonyl (C=O) groups excluding carboxylic acids is 1. The van der Waals surface area contributed by atoms with Crippen LogP contribution in [0.25, 0.3) is 11.0 Å². The molecule has 0 aliphatic rings. The summed E-state index contributed by atoms with van der Waals surface area (Å²) < 4.78 is 31.9. The molecule has 0 atom stereocenters. The predicted molar refractivity (Wildman–Crippen MR) is 85.3 cm³/mol. The van der Waals surface area contributed by atoms with Gasteiger partial charge in [0.2, 0.25) is 5.95 Å². The second kappa shape index (κ2) is 5.65. The number of rotatable bonds is 3. The normalized spacial score (nSPS) is 11.6. The van der Waals surface area contributed by atoms with E-state index in [2.05, 4.69) is 15.3 Å². The van der Waals surface area contributed by atoms with Crippen LogP contribution in [0.3, 0.4) is 0 Å². The fourth-order valence-electron chi connectivity index (χ4n) is 2.08. The van der Waals surface area contributed by atoms with Crippen LogP contribution in [0, 0.1) is 0 Å². The average Bonchev–Trinajstić information content (AvgIpc) is 2.88. The summed E-state index contributed by atoms with van der Waals surface area (Å²) in [4.78, 5) is 18.6. The van der Waals surface area contributed by atoms with Crippen LogP contribution in [-0.4, -0.2) is 28.8 Å². The van der Waals surface area contributed by atoms with Crippen molar-refractivity contribution < 1.29 is 17.8 Å². The molecule has 9 heteroatoms. The maximum Gasteiger partial charge on any atom is 0.296 e. The maximum atomic E-state index is 12.1. The van der Waals surface area contributed by atoms with Gasteiger partial charge in [-0.25, -0.2) is 4.98 Å². The number of imidazole rings is 1. The summed E-state index contributed by atoms with van der Waals surface area (Å²) in [7, 11) is -4.41. The summed E-state index contributed by atoms with van der Waals surface area (Å²) in [5, 5.41) is 2.93. The molecule has 7 nitrogen and oxygen atoms in total. The minimum atomic E-state index is -4.41. The molecule has 1 amide bonds. The van der Waals surface area contributed by atoms with Gasteiger partial charge >= 0.3 is 0 Å². The topological polar surface area (TPSA) is 112 Å². The first kappa shape index (κ1) is 15.5. The number of anilines is 1. The van der Waals surface area contributed by atoms with E-state index in [-0.39, 0.29) is 16.4 Å². The first-order valence-electron chi connectivity index (χ1n) is 6.38. The van der Waals surface area contributed by atoms with E-state index in [1.807, 2.05) is 0 Å². The minimum Gasteiger partial charge on any atom is -0.324 e. The van der Waals surface area contributed by atoms with E-state index >= 15 is 0 Å². The monoisotopic (exact) mass is 351 g/mol. The molecule has 3 N–H and O–H groups in total. The summed E-state index contributed by atoms with van der Waals surface area (Å²) in [6.07, 6.45) is 0. The lowest BCUT2D eigenvalue weighted by Gasteiger charge is -2.01. The Hall–Kier alpha value is -2.42. The fourth-order valence-corrected chi connectivity index (χ4v) is 2.92. The number of carbonyl (C=O) groups is 1. The molecule has 0 fully saturated rings. The molecule has 0 aliphatic carbocycles. The third-order valence-electron chi connectivity index (χ3n) is 3.07. The van der Waals surface area contributed by atoms with Gasteiger partial charge < -0.3 is 4.98 Å². The standard InChI is InChI=1S/C14H10ClN3O4S/c15-9-4-1-3-8(7-9)13(19)18-14-16-10-5-2-6-11(12(10)17-14)23(20,21)22/h1-7H,(H,20,21,22)(H2,16,17,18,19). The van der Waals surface area contributed by atoms with Gasteiger partial charge in [-0.1, -0.05) is 23.7 Å². The Balaban J connectivity index is 1.97. The number of H-pyrrole nitrogens is 1. The van der Waals surface area contributed by atoms with Gasteiger partial charge in [0, 0.05) is 10.6 Å². The highest BCUT2D eigenvalue weighted by atomic mass is 35.5. The van der Waals surface area contributed by atoms with E-state index in [1.165, 1.54) is 18.2 Å². The molecule has 23 heavy (non-hydrogen) atoms. The lowest BCUT2D eigenvalue weighted by atomic mass is 10.2. The molecule has 0 saturated carbocycles. The zero-order chi connectivity index (χ0) is 16.6. The zero-order valence-corrected chi connectivity index (χ0v) is 13.0. The second-order valence-corrected chi connectivity index (χ2v) is 6.50. The number of halogens is 1. The Morgan fingerprint density at radius 3 is 2.65 bits per heavy atom. The maximum absolute atomic E-state index is 12.1. The SMILES string of the molecule is O=C(Nc1nc2c(S(=O)(=O)O)cccc2[nH]1)c1cccc(Cl)c1. The van der Waals surface area contributed by atoms with Crippen LogP contribution in [0.15, 0.2) is 47.4 Å². The van der Waals surface area contributed by atoms with E-state index in [0.29, 0.717) is 16.1 Å². The molecule has 0 radical (unpaired) electrons. The molecule has 1 heterocycles. The van der Waals surface area contributed by atoms with Crippen molar-refractivity contribution in [1.29, 1.82) is 0 Å². The number of aromatic nitrogens is 2. The van der Waals surface area contributed by atoms with Crippen molar-refractivity contribution in [1.82, 2.24) is 9.97 Å². The molecule has 118 valence electrons. The smallest absolute Gasteiger partial charge is 0.296 e. The average molecular weight is 352 g/mol. The van der Waals surface area contributed by atoms with Crippen molar-refractivity contribution >= 4 is 44.6 Å². The quantitative estimate of drug-likeness (QED) is 0.628. The molecule has 0 aliphatic heterocycles. The molecule has 0 bridgehead atoms. The number of aromatic amines is 1. The third-order valence-corrected chi connectivity index (χ3v) is 4.19. The Labute approximate surface area is 136 Å². The van der Waals surface area contributed by atoms with Crippen LogP contribution >= 0.6 is 11.6 Å². The van der Waals surface area contributed by atoms with Gasteiger partial charge in [-0.2, -0.15) is 8.42 Å². The number of amides is 1. The molecule has 2 aromatic carbocycles. The van der Waals surface area contributed by atoms with E-state index in [1.54, 1.807) is 24.3 Å². The van der Waals surface area contributed by atoms with Crippen LogP contribution in [0.2, 0.25) is 5.02 Å². The van der Waals surface area contributed by atoms with Crippen molar-refractivity contribution in [2.24, 2.45) is 0 Å². The van der Waals surface area contributed by atoms with Gasteiger partial charge in [0.1, 0.15) is 10.4 Å². The molecule has 3 aromatic rings. The summed E-state index contributed by atoms with van der Waals surface area (Å²) in [6, 6.07) is 10.6. The highest BCUT2D eigenvalue weighted by Gasteiger charge is 2.18. The third kappa shape index (κ3) is 3.19. The van der Waals surface area contributed by atoms with Gasteiger partial charge in [-0.15, -0.1) is 0 Å². The lowest BCUT2D eigenvalue weighted by Crippen LogP contribution is -2.12. The number of nitrogens with zero attached hydrogens (tertiary/aromatic N) is 1. The van der Waals surface area contributed by atoms with E-state index < -0.39 is 16.0 Å². The van der Waals surface area contributed by atoms with Gasteiger partial charge in [-0.05, 0) is 30.3 Å². The van der Waals surface area contributed by atoms with Crippen molar-refractivity contribution in [3.05, 3.63) is 53.1 Å². The zero-order valence-electron chi connectivity index (χ0n) is 11.4. The molecule has 0 saturated heterocycles. The number of benzene rings is 2. The Kier molecular flexibility index (Phi) is 3.80. The van der Waals surface area contributed by atoms with Crippen LogP contribution in [0.4, 0.5) is 5.95 Å². The minimum absolute atomic E-state index is 0.0383. The highest BCUT2D eigenvalue weighted by Crippen LogP contribution is 2.22. The van der Waals surface area contributed by atoms with E-state index in [0.717, 1.165) is 0 Å². The number of hydrogen-bond donors (Lipinski definition) is 3. The lowest BCUT2D eigenvalue weighted by molar-refractivity contribution is 0.102. The molecule has 1 aromatic heterocycles. The summed E-state index contributed by atoms with van der Waals surface area (Å²) in [5.74, 6) is -0.402. The van der Waals surface area contributed by atoms with Crippen molar-refractivity contribution in [3.63, 3.8) is 0 Å². The summed E-state index contributed by atoms with van der Waals surface area (Å²) in [5.41, 5.74) is 0.728. The molecule has 0 unspecified atom stereocenters. The molecular formula is C14H10ClN3O4S. The van der Waals surface area contributed by atoms with Crippen molar-refractivity contribution in [2.45, 2.75) is 4.90 Å². The van der Waals surface area contributed by atoms with Crippen LogP contribution in [-0.2, 0) is 10.1 Å². The number of fused-ring (bicyclic) bond motifs is 1. The van der Waals surface area contributed by atoms with Gasteiger partial charge in [0.15, 0.2) is 0 Å². The summed E-state index contributed by atoms with van der Waals surface area (Å²) >= 11 is 5.83. The largest absolute Gasteiger partial charge is 0.324 e. The molecule has 3 rings (SSSR count). The van der Waals surface area contributed by atoms with E-state index in [4.69, 9.17) is 11.6 Å². The first-order valence-corrected chi connectivity index (χ1v) is 8.19. The summed E-state index contributed by atoms with van der Waals surface area (Å²) in [6.45, 7) is 0. The molecule has 0 spiro atoms. The number of nitrogens with one attached hydrogen (secondary N) is 2. The van der Waals surface area contributed by atoms with Crippen molar-refractivity contribution in [2.75, 3.05) is 5.32 Å². The Morgan fingerprint density at radius 2 is 1.96 bits per heavy atom. The number of para-hydroxylation sites is 1. The molecular weight excluding hydrogens is 342 g/mol. The van der Waals surface area contributed by atoms with E-state index in [9.17, 15) is 17.8 Å². The van der Waals surface area contributed by atoms with Gasteiger partial charge in [0.05, 0.1) is 5.52 Å². The number of hydrogen-bond acceptors (Lipinski definition) is 4. The fraction of sp³-hybridized carbons (Fsp3) is 0. The Bertz CT molecular complexity index is 1010. The predicted octanol–water partition coefficient (Wildman–Crippen LogP) is 2.72. The van der Waals surface area contributed by atoms with Crippen LogP contribution in [0.1, 0.15) is 10.4 Å². The van der Waals surface area contributed by atoms with Crippen molar-refractivity contribution in [3.8, 4) is 0 Å². The van der Waals surface area contributed by atoms with Gasteiger partial charge in [0.25, 0.3) is 16.0 Å². The second-order valence-electron chi connectivity index (χ2n) is 4.68. The Morgan fingerprint density at radius 1 is 1.22 bits per heavy atom.